The average molecular weight is 231 g/mol. The van der Waals surface area contributed by atoms with Crippen LogP contribution in [-0.2, 0) is 9.59 Å². The standard InChI is InChI=1S/C10H21N3O3/c1-7(2)5-8(10(15)11-3)13(4)9(14)6-12-16/h7-8,12,16H,5-6H2,1-4H3,(H,11,15)/t8-/m0/s1. The van der Waals surface area contributed by atoms with Crippen molar-refractivity contribution < 1.29 is 14.8 Å². The lowest BCUT2D eigenvalue weighted by Crippen LogP contribution is -2.49. The first-order chi connectivity index (χ1) is 7.43. The predicted octanol–water partition coefficient (Wildman–Crippen LogP) is -0.416. The molecule has 1 atom stereocenters. The molecule has 0 heterocycles. The summed E-state index contributed by atoms with van der Waals surface area (Å²) in [5, 5.41) is 11.0. The van der Waals surface area contributed by atoms with Crippen LogP contribution in [0.3, 0.4) is 0 Å². The van der Waals surface area contributed by atoms with Gasteiger partial charge in [0, 0.05) is 14.1 Å². The molecule has 0 radical (unpaired) electrons. The van der Waals surface area contributed by atoms with E-state index >= 15 is 0 Å². The van der Waals surface area contributed by atoms with E-state index in [1.165, 1.54) is 11.9 Å². The number of nitrogens with zero attached hydrogens (tertiary/aromatic N) is 1. The topological polar surface area (TPSA) is 81.7 Å². The molecular formula is C10H21N3O3. The summed E-state index contributed by atoms with van der Waals surface area (Å²) in [7, 11) is 3.10. The van der Waals surface area contributed by atoms with Gasteiger partial charge in [-0.05, 0) is 12.3 Å². The average Bonchev–Trinajstić information content (AvgIpc) is 2.24. The van der Waals surface area contributed by atoms with E-state index in [4.69, 9.17) is 5.21 Å². The summed E-state index contributed by atoms with van der Waals surface area (Å²) >= 11 is 0. The van der Waals surface area contributed by atoms with Gasteiger partial charge in [-0.1, -0.05) is 13.8 Å². The number of likely N-dealkylation sites (N-methyl/N-ethyl adjacent to an activating group) is 2. The zero-order valence-corrected chi connectivity index (χ0v) is 10.3. The van der Waals surface area contributed by atoms with Crippen LogP contribution in [0.5, 0.6) is 0 Å². The fourth-order valence-electron chi connectivity index (χ4n) is 1.42. The normalized spacial score (nSPS) is 12.4. The third kappa shape index (κ3) is 4.59. The molecule has 0 aromatic carbocycles. The number of hydroxylamine groups is 1. The monoisotopic (exact) mass is 231 g/mol. The zero-order chi connectivity index (χ0) is 12.7. The molecule has 6 heteroatoms. The van der Waals surface area contributed by atoms with Crippen LogP contribution < -0.4 is 10.8 Å². The number of hydrogen-bond donors (Lipinski definition) is 3. The van der Waals surface area contributed by atoms with Crippen LogP contribution >= 0.6 is 0 Å². The predicted molar refractivity (Wildman–Crippen MR) is 59.9 cm³/mol. The van der Waals surface area contributed by atoms with E-state index in [9.17, 15) is 9.59 Å². The van der Waals surface area contributed by atoms with Gasteiger partial charge < -0.3 is 15.4 Å². The molecule has 0 saturated heterocycles. The molecule has 0 saturated carbocycles. The summed E-state index contributed by atoms with van der Waals surface area (Å²) in [4.78, 5) is 24.5. The molecule has 0 aliphatic rings. The third-order valence-corrected chi connectivity index (χ3v) is 2.33. The number of amides is 2. The van der Waals surface area contributed by atoms with Crippen molar-refractivity contribution >= 4 is 11.8 Å². The van der Waals surface area contributed by atoms with Crippen LogP contribution in [0.1, 0.15) is 20.3 Å². The van der Waals surface area contributed by atoms with Crippen LogP contribution in [0.25, 0.3) is 0 Å². The number of carbonyl (C=O) groups is 2. The second-order valence-electron chi connectivity index (χ2n) is 4.10. The Morgan fingerprint density at radius 1 is 1.38 bits per heavy atom. The highest BCUT2D eigenvalue weighted by atomic mass is 16.5. The van der Waals surface area contributed by atoms with Crippen molar-refractivity contribution in [3.8, 4) is 0 Å². The van der Waals surface area contributed by atoms with Crippen molar-refractivity contribution in [1.82, 2.24) is 15.7 Å². The fraction of sp³-hybridized carbons (Fsp3) is 0.800. The molecule has 2 amide bonds. The van der Waals surface area contributed by atoms with Gasteiger partial charge >= 0.3 is 0 Å². The first kappa shape index (κ1) is 14.9. The molecule has 3 N–H and O–H groups in total. The van der Waals surface area contributed by atoms with Crippen LogP contribution in [0.4, 0.5) is 0 Å². The first-order valence-corrected chi connectivity index (χ1v) is 5.28. The molecule has 6 nitrogen and oxygen atoms in total. The van der Waals surface area contributed by atoms with Gasteiger partial charge in [-0.3, -0.25) is 9.59 Å². The Morgan fingerprint density at radius 2 is 1.94 bits per heavy atom. The quantitative estimate of drug-likeness (QED) is 0.542. The highest BCUT2D eigenvalue weighted by Gasteiger charge is 2.26. The van der Waals surface area contributed by atoms with E-state index in [0.29, 0.717) is 12.3 Å². The Hall–Kier alpha value is -1.14. The molecule has 0 aliphatic heterocycles. The second kappa shape index (κ2) is 7.19. The molecule has 0 spiro atoms. The van der Waals surface area contributed by atoms with E-state index in [1.807, 2.05) is 13.8 Å². The smallest absolute Gasteiger partial charge is 0.242 e. The molecule has 0 unspecified atom stereocenters. The minimum atomic E-state index is -0.495. The lowest BCUT2D eigenvalue weighted by molar-refractivity contribution is -0.139. The molecule has 0 bridgehead atoms. The molecule has 0 aliphatic carbocycles. The summed E-state index contributed by atoms with van der Waals surface area (Å²) in [6.07, 6.45) is 0.591. The van der Waals surface area contributed by atoms with Gasteiger partial charge in [-0.2, -0.15) is 5.48 Å². The molecule has 16 heavy (non-hydrogen) atoms. The van der Waals surface area contributed by atoms with Gasteiger partial charge in [-0.25, -0.2) is 0 Å². The van der Waals surface area contributed by atoms with E-state index < -0.39 is 6.04 Å². The van der Waals surface area contributed by atoms with E-state index in [2.05, 4.69) is 5.32 Å². The Labute approximate surface area is 96.0 Å². The number of carbonyl (C=O) groups excluding carboxylic acids is 2. The van der Waals surface area contributed by atoms with Crippen molar-refractivity contribution in [2.45, 2.75) is 26.3 Å². The lowest BCUT2D eigenvalue weighted by atomic mass is 10.0. The Morgan fingerprint density at radius 3 is 2.31 bits per heavy atom. The molecule has 0 rings (SSSR count). The number of rotatable bonds is 6. The third-order valence-electron chi connectivity index (χ3n) is 2.33. The molecule has 0 fully saturated rings. The Bertz CT molecular complexity index is 243. The minimum Gasteiger partial charge on any atom is -0.357 e. The molecule has 0 aromatic rings. The van der Waals surface area contributed by atoms with Crippen LogP contribution in [0.2, 0.25) is 0 Å². The van der Waals surface area contributed by atoms with Crippen LogP contribution in [0, 0.1) is 5.92 Å². The van der Waals surface area contributed by atoms with Crippen molar-refractivity contribution in [3.05, 3.63) is 0 Å². The van der Waals surface area contributed by atoms with Gasteiger partial charge in [0.1, 0.15) is 6.04 Å². The maximum Gasteiger partial charge on any atom is 0.242 e. The van der Waals surface area contributed by atoms with Gasteiger partial charge in [0.2, 0.25) is 11.8 Å². The van der Waals surface area contributed by atoms with E-state index in [-0.39, 0.29) is 18.4 Å². The zero-order valence-electron chi connectivity index (χ0n) is 10.3. The summed E-state index contributed by atoms with van der Waals surface area (Å²) in [5.74, 6) is -0.209. The van der Waals surface area contributed by atoms with Crippen molar-refractivity contribution in [1.29, 1.82) is 0 Å². The lowest BCUT2D eigenvalue weighted by Gasteiger charge is -2.27. The van der Waals surface area contributed by atoms with Crippen molar-refractivity contribution in [2.75, 3.05) is 20.6 Å². The van der Waals surface area contributed by atoms with Gasteiger partial charge in [-0.15, -0.1) is 0 Å². The largest absolute Gasteiger partial charge is 0.357 e. The highest BCUT2D eigenvalue weighted by Crippen LogP contribution is 2.10. The highest BCUT2D eigenvalue weighted by molar-refractivity contribution is 5.88. The maximum absolute atomic E-state index is 11.6. The number of hydrogen-bond acceptors (Lipinski definition) is 4. The van der Waals surface area contributed by atoms with E-state index in [0.717, 1.165) is 0 Å². The Balaban J connectivity index is 4.61. The van der Waals surface area contributed by atoms with Gasteiger partial charge in [0.05, 0.1) is 6.54 Å². The summed E-state index contributed by atoms with van der Waals surface area (Å²) in [5.41, 5.74) is 1.79. The van der Waals surface area contributed by atoms with Crippen LogP contribution in [-0.4, -0.2) is 48.6 Å². The number of nitrogens with one attached hydrogen (secondary N) is 2. The molecule has 94 valence electrons. The fourth-order valence-corrected chi connectivity index (χ4v) is 1.42. The first-order valence-electron chi connectivity index (χ1n) is 5.28. The second-order valence-corrected chi connectivity index (χ2v) is 4.10. The molecule has 0 aromatic heterocycles. The molecular weight excluding hydrogens is 210 g/mol. The van der Waals surface area contributed by atoms with Crippen molar-refractivity contribution in [2.24, 2.45) is 5.92 Å². The summed E-state index contributed by atoms with van der Waals surface area (Å²) in [6, 6.07) is -0.495. The van der Waals surface area contributed by atoms with Crippen LogP contribution in [0.15, 0.2) is 0 Å². The Kier molecular flexibility index (Phi) is 6.67. The summed E-state index contributed by atoms with van der Waals surface area (Å²) < 4.78 is 0. The minimum absolute atomic E-state index is 0.192. The van der Waals surface area contributed by atoms with Gasteiger partial charge in [0.15, 0.2) is 0 Å². The maximum atomic E-state index is 11.6. The van der Waals surface area contributed by atoms with Crippen molar-refractivity contribution in [3.63, 3.8) is 0 Å². The van der Waals surface area contributed by atoms with Gasteiger partial charge in [0.25, 0.3) is 0 Å². The van der Waals surface area contributed by atoms with E-state index in [1.54, 1.807) is 12.5 Å². The summed E-state index contributed by atoms with van der Waals surface area (Å²) in [6.45, 7) is 3.78. The SMILES string of the molecule is CNC(=O)[C@H](CC(C)C)N(C)C(=O)CNO.